The first-order valence-corrected chi connectivity index (χ1v) is 6.24. The number of aryl methyl sites for hydroxylation is 2. The molecule has 3 rings (SSSR count). The number of carbonyl (C=O) groups excluding carboxylic acids is 1. The molecule has 1 aliphatic rings. The third kappa shape index (κ3) is 1.74. The van der Waals surface area contributed by atoms with E-state index in [2.05, 4.69) is 22.4 Å². The zero-order valence-electron chi connectivity index (χ0n) is 10.3. The fourth-order valence-electron chi connectivity index (χ4n) is 2.72. The Morgan fingerprint density at radius 2 is 2.22 bits per heavy atom. The van der Waals surface area contributed by atoms with Crippen LogP contribution in [-0.2, 0) is 13.5 Å². The fourth-order valence-corrected chi connectivity index (χ4v) is 2.72. The lowest BCUT2D eigenvalue weighted by molar-refractivity contribution is 0.0941. The molecule has 92 valence electrons. The molecule has 2 aromatic rings. The molecule has 0 saturated carbocycles. The van der Waals surface area contributed by atoms with Crippen molar-refractivity contribution in [2.45, 2.75) is 25.2 Å². The Morgan fingerprint density at radius 3 is 3.00 bits per heavy atom. The first-order valence-electron chi connectivity index (χ1n) is 6.24. The van der Waals surface area contributed by atoms with Gasteiger partial charge in [-0.15, -0.1) is 5.10 Å². The summed E-state index contributed by atoms with van der Waals surface area (Å²) in [7, 11) is 1.76. The average molecular weight is 241 g/mol. The van der Waals surface area contributed by atoms with Gasteiger partial charge in [-0.2, -0.15) is 0 Å². The average Bonchev–Trinajstić information content (AvgIpc) is 2.83. The second-order valence-corrected chi connectivity index (χ2v) is 4.75. The third-order valence-corrected chi connectivity index (χ3v) is 3.65. The predicted molar refractivity (Wildman–Crippen MR) is 67.5 cm³/mol. The predicted octanol–water partition coefficient (Wildman–Crippen LogP) is 2.12. The highest BCUT2D eigenvalue weighted by molar-refractivity contribution is 5.99. The quantitative estimate of drug-likeness (QED) is 0.757. The first-order chi connectivity index (χ1) is 8.77. The maximum Gasteiger partial charge on any atom is 0.189 e. The van der Waals surface area contributed by atoms with Crippen LogP contribution >= 0.6 is 0 Å². The zero-order chi connectivity index (χ0) is 12.5. The van der Waals surface area contributed by atoms with Crippen molar-refractivity contribution in [2.75, 3.05) is 0 Å². The number of nitrogens with zero attached hydrogens (tertiary/aromatic N) is 3. The summed E-state index contributed by atoms with van der Waals surface area (Å²) in [5.41, 5.74) is 3.07. The van der Waals surface area contributed by atoms with Gasteiger partial charge in [-0.25, -0.2) is 4.68 Å². The van der Waals surface area contributed by atoms with Crippen molar-refractivity contribution in [2.24, 2.45) is 7.05 Å². The number of carbonyl (C=O) groups is 1. The molecule has 1 aromatic carbocycles. The van der Waals surface area contributed by atoms with Crippen molar-refractivity contribution < 1.29 is 4.79 Å². The highest BCUT2D eigenvalue weighted by Gasteiger charge is 2.28. The van der Waals surface area contributed by atoms with Gasteiger partial charge in [-0.05, 0) is 30.4 Å². The smallest absolute Gasteiger partial charge is 0.189 e. The molecular formula is C14H15N3O. The summed E-state index contributed by atoms with van der Waals surface area (Å²) < 4.78 is 1.56. The van der Waals surface area contributed by atoms with E-state index in [-0.39, 0.29) is 11.7 Å². The molecule has 18 heavy (non-hydrogen) atoms. The highest BCUT2D eigenvalue weighted by Crippen LogP contribution is 2.33. The minimum Gasteiger partial charge on any atom is -0.292 e. The maximum atomic E-state index is 12.5. The molecule has 0 N–H and O–H groups in total. The van der Waals surface area contributed by atoms with Crippen LogP contribution in [0.3, 0.4) is 0 Å². The molecule has 1 atom stereocenters. The van der Waals surface area contributed by atoms with Crippen LogP contribution in [0, 0.1) is 0 Å². The summed E-state index contributed by atoms with van der Waals surface area (Å²) in [5, 5.41) is 7.62. The molecule has 0 saturated heterocycles. The Kier molecular flexibility index (Phi) is 2.70. The lowest BCUT2D eigenvalue weighted by atomic mass is 9.80. The van der Waals surface area contributed by atoms with Crippen LogP contribution in [0.1, 0.15) is 40.4 Å². The number of aromatic nitrogens is 3. The molecule has 1 heterocycles. The van der Waals surface area contributed by atoms with Gasteiger partial charge in [0.1, 0.15) is 5.69 Å². The van der Waals surface area contributed by atoms with Gasteiger partial charge < -0.3 is 0 Å². The maximum absolute atomic E-state index is 12.5. The number of ketones is 1. The molecule has 0 amide bonds. The van der Waals surface area contributed by atoms with Crippen molar-refractivity contribution in [3.05, 3.63) is 47.3 Å². The topological polar surface area (TPSA) is 47.8 Å². The molecule has 1 aromatic heterocycles. The molecular weight excluding hydrogens is 226 g/mol. The van der Waals surface area contributed by atoms with Gasteiger partial charge >= 0.3 is 0 Å². The fraction of sp³-hybridized carbons (Fsp3) is 0.357. The second-order valence-electron chi connectivity index (χ2n) is 4.75. The number of fused-ring (bicyclic) bond motifs is 1. The molecule has 0 radical (unpaired) electrons. The summed E-state index contributed by atoms with van der Waals surface area (Å²) in [6.07, 6.45) is 4.61. The van der Waals surface area contributed by atoms with Crippen LogP contribution in [0.4, 0.5) is 0 Å². The van der Waals surface area contributed by atoms with Gasteiger partial charge in [0.05, 0.1) is 6.20 Å². The Balaban J connectivity index is 2.00. The minimum absolute atomic E-state index is 0.0350. The summed E-state index contributed by atoms with van der Waals surface area (Å²) in [6, 6.07) is 8.24. The van der Waals surface area contributed by atoms with E-state index < -0.39 is 0 Å². The Labute approximate surface area is 106 Å². The Hall–Kier alpha value is -1.97. The number of hydrogen-bond donors (Lipinski definition) is 0. The monoisotopic (exact) mass is 241 g/mol. The third-order valence-electron chi connectivity index (χ3n) is 3.65. The van der Waals surface area contributed by atoms with Gasteiger partial charge in [-0.3, -0.25) is 4.79 Å². The minimum atomic E-state index is -0.0350. The number of Topliss-reactive ketones (excluding diaryl/α,β-unsaturated/α-hetero) is 1. The molecule has 1 aliphatic carbocycles. The van der Waals surface area contributed by atoms with Gasteiger partial charge in [0.25, 0.3) is 0 Å². The van der Waals surface area contributed by atoms with Crippen LogP contribution in [0.15, 0.2) is 30.5 Å². The van der Waals surface area contributed by atoms with Gasteiger partial charge in [-0.1, -0.05) is 29.5 Å². The lowest BCUT2D eigenvalue weighted by Crippen LogP contribution is -2.20. The molecule has 0 spiro atoms. The van der Waals surface area contributed by atoms with E-state index in [1.807, 2.05) is 12.1 Å². The molecule has 0 fully saturated rings. The number of hydrogen-bond acceptors (Lipinski definition) is 3. The van der Waals surface area contributed by atoms with E-state index >= 15 is 0 Å². The molecule has 4 heteroatoms. The van der Waals surface area contributed by atoms with Crippen molar-refractivity contribution >= 4 is 5.78 Å². The van der Waals surface area contributed by atoms with Crippen molar-refractivity contribution in [3.63, 3.8) is 0 Å². The molecule has 1 unspecified atom stereocenters. The summed E-state index contributed by atoms with van der Waals surface area (Å²) in [5.74, 6) is 0.0989. The van der Waals surface area contributed by atoms with Crippen LogP contribution < -0.4 is 0 Å². The van der Waals surface area contributed by atoms with Crippen molar-refractivity contribution in [3.8, 4) is 0 Å². The van der Waals surface area contributed by atoms with Crippen molar-refractivity contribution in [1.29, 1.82) is 0 Å². The van der Waals surface area contributed by atoms with E-state index in [0.29, 0.717) is 5.69 Å². The largest absolute Gasteiger partial charge is 0.292 e. The molecule has 0 bridgehead atoms. The van der Waals surface area contributed by atoms with Crippen LogP contribution in [0.5, 0.6) is 0 Å². The van der Waals surface area contributed by atoms with E-state index in [4.69, 9.17) is 0 Å². The Bertz CT molecular complexity index is 588. The van der Waals surface area contributed by atoms with E-state index in [9.17, 15) is 4.79 Å². The SMILES string of the molecule is Cn1nncc1C(=O)C1CCCc2ccccc21. The van der Waals surface area contributed by atoms with E-state index in [1.54, 1.807) is 17.9 Å². The summed E-state index contributed by atoms with van der Waals surface area (Å²) in [6.45, 7) is 0. The standard InChI is InChI=1S/C14H15N3O/c1-17-13(9-15-16-17)14(18)12-8-4-6-10-5-2-3-7-11(10)12/h2-3,5,7,9,12H,4,6,8H2,1H3. The lowest BCUT2D eigenvalue weighted by Gasteiger charge is -2.24. The summed E-state index contributed by atoms with van der Waals surface area (Å²) >= 11 is 0. The first kappa shape index (κ1) is 11.1. The van der Waals surface area contributed by atoms with Crippen molar-refractivity contribution in [1.82, 2.24) is 15.0 Å². The zero-order valence-corrected chi connectivity index (χ0v) is 10.3. The normalized spacial score (nSPS) is 18.4. The van der Waals surface area contributed by atoms with Crippen LogP contribution in [-0.4, -0.2) is 20.8 Å². The number of benzene rings is 1. The second kappa shape index (κ2) is 4.37. The van der Waals surface area contributed by atoms with Gasteiger partial charge in [0.15, 0.2) is 5.78 Å². The summed E-state index contributed by atoms with van der Waals surface area (Å²) in [4.78, 5) is 12.5. The van der Waals surface area contributed by atoms with E-state index in [1.165, 1.54) is 11.1 Å². The molecule has 4 nitrogen and oxygen atoms in total. The number of rotatable bonds is 2. The van der Waals surface area contributed by atoms with Crippen LogP contribution in [0.25, 0.3) is 0 Å². The Morgan fingerprint density at radius 1 is 1.39 bits per heavy atom. The van der Waals surface area contributed by atoms with Gasteiger partial charge in [0.2, 0.25) is 0 Å². The van der Waals surface area contributed by atoms with Crippen LogP contribution in [0.2, 0.25) is 0 Å². The molecule has 0 aliphatic heterocycles. The van der Waals surface area contributed by atoms with Gasteiger partial charge in [0, 0.05) is 13.0 Å². The van der Waals surface area contributed by atoms with E-state index in [0.717, 1.165) is 19.3 Å². The highest BCUT2D eigenvalue weighted by atomic mass is 16.1.